The number of aliphatic hydroxyl groups excluding tert-OH is 1. The average molecular weight is 771 g/mol. The number of carbonyl (C=O) groups is 2. The number of alkyl halides is 3. The Morgan fingerprint density at radius 1 is 0.729 bits per heavy atom. The number of ether oxygens (including phenoxy) is 8. The number of halogens is 3. The largest absolute Gasteiger partial charge is 0.524 e. The first-order valence-electron chi connectivity index (χ1n) is 13.5. The van der Waals surface area contributed by atoms with Crippen LogP contribution in [0.1, 0.15) is 41.5 Å². The number of carbonyl (C=O) groups excluding carboxylic acids is 2. The summed E-state index contributed by atoms with van der Waals surface area (Å²) in [7, 11) is -14.4. The number of esters is 2. The Kier molecular flexibility index (Phi) is 13.4. The number of fused-ring (bicyclic) bond motifs is 2. The van der Waals surface area contributed by atoms with Gasteiger partial charge in [-0.2, -0.15) is 38.4 Å². The van der Waals surface area contributed by atoms with E-state index in [2.05, 4.69) is 3.63 Å². The molecule has 8 atom stereocenters. The van der Waals surface area contributed by atoms with Crippen LogP contribution in [0.15, 0.2) is 0 Å². The number of rotatable bonds is 8. The lowest BCUT2D eigenvalue weighted by Crippen LogP contribution is -2.40. The van der Waals surface area contributed by atoms with Gasteiger partial charge in [0.25, 0.3) is 20.2 Å². The van der Waals surface area contributed by atoms with Gasteiger partial charge < -0.3 is 43.0 Å². The lowest BCUT2D eigenvalue weighted by atomic mass is 10.1. The molecule has 282 valence electrons. The van der Waals surface area contributed by atoms with Crippen molar-refractivity contribution < 1.29 is 98.8 Å². The van der Waals surface area contributed by atoms with Crippen LogP contribution >= 0.6 is 0 Å². The molecule has 4 rings (SSSR count). The molecule has 4 unspecified atom stereocenters. The highest BCUT2D eigenvalue weighted by atomic mass is 32.3. The molecule has 25 heteroatoms. The molecule has 0 spiro atoms. The summed E-state index contributed by atoms with van der Waals surface area (Å²) in [5.41, 5.74) is -5.73. The van der Waals surface area contributed by atoms with Crippen molar-refractivity contribution in [1.29, 1.82) is 0 Å². The molecule has 0 saturated carbocycles. The van der Waals surface area contributed by atoms with E-state index in [4.69, 9.17) is 42.1 Å². The quantitative estimate of drug-likeness (QED) is 0.183. The van der Waals surface area contributed by atoms with Crippen molar-refractivity contribution in [3.05, 3.63) is 0 Å². The number of hydrogen-bond donors (Lipinski definition) is 1. The summed E-state index contributed by atoms with van der Waals surface area (Å²) in [6, 6.07) is 0. The monoisotopic (exact) mass is 770 g/mol. The Morgan fingerprint density at radius 3 is 1.52 bits per heavy atom. The molecule has 0 aromatic rings. The van der Waals surface area contributed by atoms with Crippen LogP contribution in [0.3, 0.4) is 0 Å². The molecule has 0 bridgehead atoms. The molecule has 4 fully saturated rings. The standard InChI is InChI=1S/C11H18O8S.C10H16O6.C2H3F3O5S2/c1-6(12)15-5-7-8(19-20(4,13)14)9-10(16-7)18-11(2,3)17-9;1-5(11)13-4-6-7(12)8-9(14-6)16-10(2,3)15-8;1-11(6,7)10-12(8,9)2(3,4)5/h7-10H,5H2,1-4H3;6-9,12H,4H2,1-3H3;1H3/t7-,8-,9-,10?;6?,7-,8?,9?;/m11./s1. The van der Waals surface area contributed by atoms with Gasteiger partial charge in [0.05, 0.1) is 12.5 Å². The van der Waals surface area contributed by atoms with Gasteiger partial charge in [-0.25, -0.2) is 0 Å². The molecule has 48 heavy (non-hydrogen) atoms. The molecular weight excluding hydrogens is 733 g/mol. The van der Waals surface area contributed by atoms with Crippen LogP contribution in [-0.4, -0.2) is 134 Å². The fourth-order valence-electron chi connectivity index (χ4n) is 4.30. The minimum absolute atomic E-state index is 0.0106. The summed E-state index contributed by atoms with van der Waals surface area (Å²) < 4.78 is 147. The fraction of sp³-hybridized carbons (Fsp3) is 0.913. The van der Waals surface area contributed by atoms with Crippen molar-refractivity contribution in [2.45, 2.75) is 108 Å². The van der Waals surface area contributed by atoms with Gasteiger partial charge in [0.1, 0.15) is 49.8 Å². The Balaban J connectivity index is 0.000000259. The molecule has 0 aromatic carbocycles. The molecule has 1 N–H and O–H groups in total. The molecule has 0 radical (unpaired) electrons. The fourth-order valence-corrected chi connectivity index (χ4v) is 6.54. The first-order valence-corrected chi connectivity index (χ1v) is 18.5. The van der Waals surface area contributed by atoms with Crippen molar-refractivity contribution in [1.82, 2.24) is 0 Å². The second-order valence-electron chi connectivity index (χ2n) is 11.3. The highest BCUT2D eigenvalue weighted by Gasteiger charge is 2.57. The molecule has 4 saturated heterocycles. The SMILES string of the molecule is CC(=O)OCC1OC2OC(C)(C)OC2[C@@H]1O.CC(=O)OC[C@H]1OC2OC(C)(C)O[C@@H]2[C@@H]1OS(C)(=O)=O.CS(=O)(=O)OS(=O)(=O)C(F)(F)F. The van der Waals surface area contributed by atoms with Gasteiger partial charge in [-0.15, -0.1) is 3.63 Å². The Morgan fingerprint density at radius 2 is 1.15 bits per heavy atom. The Hall–Kier alpha value is -1.78. The Labute approximate surface area is 274 Å². The van der Waals surface area contributed by atoms with Crippen LogP contribution in [0, 0.1) is 0 Å². The summed E-state index contributed by atoms with van der Waals surface area (Å²) in [5, 5.41) is 9.88. The smallest absolute Gasteiger partial charge is 0.463 e. The predicted octanol–water partition coefficient (Wildman–Crippen LogP) is -0.630. The maximum atomic E-state index is 11.4. The zero-order chi connectivity index (χ0) is 37.3. The average Bonchev–Trinajstić information content (AvgIpc) is 3.51. The van der Waals surface area contributed by atoms with Gasteiger partial charge >= 0.3 is 27.6 Å². The normalized spacial score (nSPS) is 32.2. The van der Waals surface area contributed by atoms with Crippen LogP contribution < -0.4 is 0 Å². The summed E-state index contributed by atoms with van der Waals surface area (Å²) >= 11 is 0. The van der Waals surface area contributed by atoms with E-state index in [1.807, 2.05) is 0 Å². The molecule has 4 heterocycles. The van der Waals surface area contributed by atoms with Gasteiger partial charge in [0, 0.05) is 13.8 Å². The van der Waals surface area contributed by atoms with E-state index in [1.165, 1.54) is 13.8 Å². The van der Waals surface area contributed by atoms with Gasteiger partial charge in [-0.3, -0.25) is 13.8 Å². The van der Waals surface area contributed by atoms with E-state index >= 15 is 0 Å². The van der Waals surface area contributed by atoms with Gasteiger partial charge in [0.2, 0.25) is 0 Å². The van der Waals surface area contributed by atoms with Crippen LogP contribution in [0.2, 0.25) is 0 Å². The lowest BCUT2D eigenvalue weighted by molar-refractivity contribution is -0.220. The highest BCUT2D eigenvalue weighted by molar-refractivity contribution is 7.99. The molecule has 0 amide bonds. The van der Waals surface area contributed by atoms with Crippen LogP contribution in [-0.2, 0) is 85.7 Å². The summed E-state index contributed by atoms with van der Waals surface area (Å²) in [4.78, 5) is 21.5. The predicted molar refractivity (Wildman–Crippen MR) is 147 cm³/mol. The first kappa shape index (κ1) is 42.4. The summed E-state index contributed by atoms with van der Waals surface area (Å²) in [6.07, 6.45) is -4.55. The number of aliphatic hydroxyl groups is 1. The van der Waals surface area contributed by atoms with Crippen molar-refractivity contribution in [2.24, 2.45) is 0 Å². The highest BCUT2D eigenvalue weighted by Crippen LogP contribution is 2.39. The third kappa shape index (κ3) is 12.8. The second kappa shape index (κ2) is 15.2. The van der Waals surface area contributed by atoms with E-state index < -0.39 is 109 Å². The molecular formula is C23H37F3O19S3. The van der Waals surface area contributed by atoms with Crippen molar-refractivity contribution in [3.63, 3.8) is 0 Å². The molecule has 0 aliphatic carbocycles. The molecule has 4 aliphatic rings. The minimum atomic E-state index is -6.04. The molecule has 4 aliphatic heterocycles. The second-order valence-corrected chi connectivity index (χ2v) is 16.2. The zero-order valence-corrected chi connectivity index (χ0v) is 29.1. The van der Waals surface area contributed by atoms with E-state index in [9.17, 15) is 53.1 Å². The van der Waals surface area contributed by atoms with Crippen LogP contribution in [0.5, 0.6) is 0 Å². The van der Waals surface area contributed by atoms with E-state index in [1.54, 1.807) is 27.7 Å². The lowest BCUT2D eigenvalue weighted by Gasteiger charge is -2.24. The van der Waals surface area contributed by atoms with Gasteiger partial charge in [-0.05, 0) is 27.7 Å². The maximum Gasteiger partial charge on any atom is 0.524 e. The summed E-state index contributed by atoms with van der Waals surface area (Å²) in [6.45, 7) is 9.31. The van der Waals surface area contributed by atoms with E-state index in [-0.39, 0.29) is 19.5 Å². The zero-order valence-electron chi connectivity index (χ0n) is 26.7. The minimum Gasteiger partial charge on any atom is -0.463 e. The topological polar surface area (TPSA) is 249 Å². The first-order chi connectivity index (χ1) is 21.4. The summed E-state index contributed by atoms with van der Waals surface area (Å²) in [5.74, 6) is -2.54. The van der Waals surface area contributed by atoms with E-state index in [0.717, 1.165) is 6.26 Å². The molecule has 0 aromatic heterocycles. The van der Waals surface area contributed by atoms with E-state index in [0.29, 0.717) is 0 Å². The van der Waals surface area contributed by atoms with Crippen molar-refractivity contribution in [2.75, 3.05) is 25.7 Å². The van der Waals surface area contributed by atoms with Crippen LogP contribution in [0.25, 0.3) is 0 Å². The van der Waals surface area contributed by atoms with Crippen molar-refractivity contribution in [3.8, 4) is 0 Å². The van der Waals surface area contributed by atoms with Crippen molar-refractivity contribution >= 4 is 42.3 Å². The van der Waals surface area contributed by atoms with Gasteiger partial charge in [-0.1, -0.05) is 0 Å². The van der Waals surface area contributed by atoms with Crippen LogP contribution in [0.4, 0.5) is 13.2 Å². The Bertz CT molecular complexity index is 1480. The third-order valence-corrected chi connectivity index (χ3v) is 8.73. The van der Waals surface area contributed by atoms with Gasteiger partial charge in [0.15, 0.2) is 24.2 Å². The third-order valence-electron chi connectivity index (χ3n) is 5.89. The number of hydrogen-bond acceptors (Lipinski definition) is 19. The maximum absolute atomic E-state index is 11.4. The molecule has 19 nitrogen and oxygen atoms in total.